The van der Waals surface area contributed by atoms with Gasteiger partial charge in [-0.2, -0.15) is 0 Å². The summed E-state index contributed by atoms with van der Waals surface area (Å²) < 4.78 is 25.9. The lowest BCUT2D eigenvalue weighted by Crippen LogP contribution is -2.28. The first-order valence-corrected chi connectivity index (χ1v) is 11.0. The van der Waals surface area contributed by atoms with Crippen molar-refractivity contribution >= 4 is 9.84 Å². The van der Waals surface area contributed by atoms with Gasteiger partial charge in [0.05, 0.1) is 35.3 Å². The van der Waals surface area contributed by atoms with E-state index in [0.717, 1.165) is 29.7 Å². The van der Waals surface area contributed by atoms with Gasteiger partial charge >= 0.3 is 0 Å². The summed E-state index contributed by atoms with van der Waals surface area (Å²) in [6, 6.07) is 13.4. The Morgan fingerprint density at radius 3 is 2.78 bits per heavy atom. The molecule has 5 rings (SSSR count). The normalized spacial score (nSPS) is 23.6. The maximum absolute atomic E-state index is 11.8. The van der Waals surface area contributed by atoms with Crippen molar-refractivity contribution in [2.24, 2.45) is 5.92 Å². The van der Waals surface area contributed by atoms with Gasteiger partial charge < -0.3 is 9.67 Å². The molecule has 0 fully saturated rings. The van der Waals surface area contributed by atoms with Gasteiger partial charge in [-0.25, -0.2) is 13.4 Å². The average Bonchev–Trinajstić information content (AvgIpc) is 3.22. The smallest absolute Gasteiger partial charge is 0.175 e. The van der Waals surface area contributed by atoms with E-state index in [1.807, 2.05) is 24.7 Å². The number of benzene rings is 2. The Hall–Kier alpha value is -2.44. The van der Waals surface area contributed by atoms with E-state index in [1.165, 1.54) is 17.4 Å². The summed E-state index contributed by atoms with van der Waals surface area (Å²) >= 11 is 0. The van der Waals surface area contributed by atoms with Gasteiger partial charge in [0.1, 0.15) is 0 Å². The number of sulfone groups is 1. The molecule has 0 saturated carbocycles. The molecular formula is C21H20N2O3S. The summed E-state index contributed by atoms with van der Waals surface area (Å²) in [5.74, 6) is 0.0122. The molecule has 0 spiro atoms. The van der Waals surface area contributed by atoms with Crippen molar-refractivity contribution < 1.29 is 13.5 Å². The molecule has 2 heterocycles. The van der Waals surface area contributed by atoms with Crippen LogP contribution >= 0.6 is 0 Å². The van der Waals surface area contributed by atoms with Crippen LogP contribution in [0.4, 0.5) is 0 Å². The van der Waals surface area contributed by atoms with Gasteiger partial charge in [0, 0.05) is 17.7 Å². The minimum atomic E-state index is -3.25. The highest BCUT2D eigenvalue weighted by atomic mass is 32.2. The van der Waals surface area contributed by atoms with Crippen molar-refractivity contribution in [3.05, 3.63) is 71.7 Å². The number of aromatic nitrogens is 2. The number of aliphatic hydroxyl groups is 1. The van der Waals surface area contributed by atoms with Crippen molar-refractivity contribution in [2.45, 2.75) is 29.9 Å². The van der Waals surface area contributed by atoms with Crippen LogP contribution in [-0.4, -0.2) is 29.3 Å². The van der Waals surface area contributed by atoms with Gasteiger partial charge in [-0.3, -0.25) is 0 Å². The molecule has 0 unspecified atom stereocenters. The molecule has 2 aliphatic rings. The van der Waals surface area contributed by atoms with Crippen molar-refractivity contribution in [1.82, 2.24) is 9.55 Å². The summed E-state index contributed by atoms with van der Waals surface area (Å²) in [5, 5.41) is 11.2. The SMILES string of the molecule is CS(=O)(=O)c1ccc2c(c1)CC[C@H]([C@@H]1c3ccccc3-c3cncn31)[C@@H]2O. The molecule has 2 aromatic carbocycles. The summed E-state index contributed by atoms with van der Waals surface area (Å²) in [6.07, 6.45) is 5.83. The molecule has 0 saturated heterocycles. The van der Waals surface area contributed by atoms with Gasteiger partial charge in [0.15, 0.2) is 9.84 Å². The Kier molecular flexibility index (Phi) is 3.58. The number of aryl methyl sites for hydroxylation is 1. The molecule has 27 heavy (non-hydrogen) atoms. The van der Waals surface area contributed by atoms with E-state index in [-0.39, 0.29) is 12.0 Å². The Bertz CT molecular complexity index is 1150. The van der Waals surface area contributed by atoms with Gasteiger partial charge in [-0.1, -0.05) is 30.3 Å². The highest BCUT2D eigenvalue weighted by molar-refractivity contribution is 7.90. The van der Waals surface area contributed by atoms with Crippen LogP contribution in [0.5, 0.6) is 0 Å². The van der Waals surface area contributed by atoms with E-state index in [0.29, 0.717) is 4.90 Å². The highest BCUT2D eigenvalue weighted by Crippen LogP contribution is 2.49. The fourth-order valence-electron chi connectivity index (χ4n) is 4.67. The third kappa shape index (κ3) is 2.47. The third-order valence-electron chi connectivity index (χ3n) is 5.94. The average molecular weight is 380 g/mol. The van der Waals surface area contributed by atoms with E-state index in [4.69, 9.17) is 0 Å². The Labute approximate surface area is 158 Å². The van der Waals surface area contributed by atoms with Crippen molar-refractivity contribution in [3.63, 3.8) is 0 Å². The van der Waals surface area contributed by atoms with Crippen LogP contribution in [0.25, 0.3) is 11.3 Å². The van der Waals surface area contributed by atoms with Crippen molar-refractivity contribution in [2.75, 3.05) is 6.26 Å². The number of hydrogen-bond acceptors (Lipinski definition) is 4. The highest BCUT2D eigenvalue weighted by Gasteiger charge is 2.40. The van der Waals surface area contributed by atoms with Gasteiger partial charge in [0.25, 0.3) is 0 Å². The summed E-state index contributed by atoms with van der Waals surface area (Å²) in [5.41, 5.74) is 5.24. The van der Waals surface area contributed by atoms with E-state index >= 15 is 0 Å². The van der Waals surface area contributed by atoms with Crippen LogP contribution in [0.1, 0.15) is 35.3 Å². The molecule has 0 radical (unpaired) electrons. The molecule has 1 aliphatic carbocycles. The third-order valence-corrected chi connectivity index (χ3v) is 7.05. The fourth-order valence-corrected chi connectivity index (χ4v) is 5.34. The second-order valence-corrected chi connectivity index (χ2v) is 9.51. The standard InChI is InChI=1S/C21H20N2O3S/c1-27(25,26)14-7-9-15-13(10-14)6-8-18(21(15)24)20-17-5-3-2-4-16(17)19-11-22-12-23(19)20/h2-5,7,9-12,18,20-21,24H,6,8H2,1H3/t18-,20+,21-/m1/s1. The maximum Gasteiger partial charge on any atom is 0.175 e. The Balaban J connectivity index is 1.57. The Morgan fingerprint density at radius 1 is 1.15 bits per heavy atom. The van der Waals surface area contributed by atoms with Gasteiger partial charge in [-0.05, 0) is 41.7 Å². The van der Waals surface area contributed by atoms with Gasteiger partial charge in [0.2, 0.25) is 0 Å². The fraction of sp³-hybridized carbons (Fsp3) is 0.286. The van der Waals surface area contributed by atoms with Gasteiger partial charge in [-0.15, -0.1) is 0 Å². The summed E-state index contributed by atoms with van der Waals surface area (Å²) in [7, 11) is -3.25. The zero-order chi connectivity index (χ0) is 18.8. The number of imidazole rings is 1. The zero-order valence-corrected chi connectivity index (χ0v) is 15.7. The molecule has 3 aromatic rings. The topological polar surface area (TPSA) is 72.2 Å². The van der Waals surface area contributed by atoms with Crippen LogP contribution < -0.4 is 0 Å². The number of nitrogens with zero attached hydrogens (tertiary/aromatic N) is 2. The first-order valence-electron chi connectivity index (χ1n) is 9.07. The molecule has 0 amide bonds. The number of aliphatic hydroxyl groups excluding tert-OH is 1. The van der Waals surface area contributed by atoms with E-state index in [9.17, 15) is 13.5 Å². The monoisotopic (exact) mass is 380 g/mol. The molecule has 1 N–H and O–H groups in total. The summed E-state index contributed by atoms with van der Waals surface area (Å²) in [6.45, 7) is 0. The lowest BCUT2D eigenvalue weighted by Gasteiger charge is -2.35. The molecule has 138 valence electrons. The number of rotatable bonds is 2. The van der Waals surface area contributed by atoms with Crippen LogP contribution in [0.2, 0.25) is 0 Å². The van der Waals surface area contributed by atoms with E-state index < -0.39 is 15.9 Å². The first-order chi connectivity index (χ1) is 12.9. The maximum atomic E-state index is 11.8. The molecule has 1 aliphatic heterocycles. The Morgan fingerprint density at radius 2 is 1.96 bits per heavy atom. The second kappa shape index (κ2) is 5.78. The molecule has 3 atom stereocenters. The minimum Gasteiger partial charge on any atom is -0.388 e. The lowest BCUT2D eigenvalue weighted by atomic mass is 9.76. The number of fused-ring (bicyclic) bond motifs is 4. The molecular weight excluding hydrogens is 360 g/mol. The second-order valence-electron chi connectivity index (χ2n) is 7.50. The first kappa shape index (κ1) is 16.7. The number of hydrogen-bond donors (Lipinski definition) is 1. The van der Waals surface area contributed by atoms with Crippen molar-refractivity contribution in [1.29, 1.82) is 0 Å². The quantitative estimate of drug-likeness (QED) is 0.741. The minimum absolute atomic E-state index is 0.0122. The lowest BCUT2D eigenvalue weighted by molar-refractivity contribution is 0.0719. The molecule has 1 aromatic heterocycles. The van der Waals surface area contributed by atoms with E-state index in [1.54, 1.807) is 18.2 Å². The molecule has 5 nitrogen and oxygen atoms in total. The van der Waals surface area contributed by atoms with Crippen LogP contribution in [-0.2, 0) is 16.3 Å². The largest absolute Gasteiger partial charge is 0.388 e. The predicted octanol–water partition coefficient (Wildman–Crippen LogP) is 3.15. The van der Waals surface area contributed by atoms with Crippen LogP contribution in [0.15, 0.2) is 59.9 Å². The molecule has 0 bridgehead atoms. The van der Waals surface area contributed by atoms with Crippen LogP contribution in [0.3, 0.4) is 0 Å². The van der Waals surface area contributed by atoms with E-state index in [2.05, 4.69) is 21.7 Å². The zero-order valence-electron chi connectivity index (χ0n) is 14.9. The predicted molar refractivity (Wildman–Crippen MR) is 102 cm³/mol. The molecule has 6 heteroatoms. The summed E-state index contributed by atoms with van der Waals surface area (Å²) in [4.78, 5) is 4.63. The van der Waals surface area contributed by atoms with Crippen molar-refractivity contribution in [3.8, 4) is 11.3 Å². The van der Waals surface area contributed by atoms with Crippen LogP contribution in [0, 0.1) is 5.92 Å².